The van der Waals surface area contributed by atoms with Crippen molar-refractivity contribution in [1.29, 1.82) is 0 Å². The summed E-state index contributed by atoms with van der Waals surface area (Å²) in [5, 5.41) is 14.2. The van der Waals surface area contributed by atoms with E-state index in [-0.39, 0.29) is 6.10 Å². The van der Waals surface area contributed by atoms with Crippen LogP contribution in [0.4, 0.5) is 10.8 Å². The Hall–Kier alpha value is -2.42. The number of anilines is 2. The van der Waals surface area contributed by atoms with Gasteiger partial charge in [-0.2, -0.15) is 0 Å². The molecule has 2 aromatic heterocycles. The highest BCUT2D eigenvalue weighted by atomic mass is 32.1. The second-order valence-electron chi connectivity index (χ2n) is 9.54. The van der Waals surface area contributed by atoms with Crippen LogP contribution in [0.3, 0.4) is 0 Å². The zero-order chi connectivity index (χ0) is 24.2. The number of fused-ring (bicyclic) bond motifs is 1. The van der Waals surface area contributed by atoms with Crippen molar-refractivity contribution in [3.63, 3.8) is 0 Å². The first-order valence-corrected chi connectivity index (χ1v) is 13.6. The average molecular weight is 494 g/mol. The molecule has 5 rings (SSSR count). The van der Waals surface area contributed by atoms with Crippen LogP contribution in [0, 0.1) is 13.8 Å². The summed E-state index contributed by atoms with van der Waals surface area (Å²) in [6, 6.07) is 6.27. The van der Waals surface area contributed by atoms with Gasteiger partial charge in [0.25, 0.3) is 0 Å². The van der Waals surface area contributed by atoms with Gasteiger partial charge in [-0.25, -0.2) is 4.98 Å². The van der Waals surface area contributed by atoms with Crippen LogP contribution in [0.25, 0.3) is 10.9 Å². The van der Waals surface area contributed by atoms with Crippen LogP contribution in [0.15, 0.2) is 29.8 Å². The van der Waals surface area contributed by atoms with Gasteiger partial charge in [0.05, 0.1) is 23.9 Å². The number of hydrogen-bond donors (Lipinski definition) is 1. The van der Waals surface area contributed by atoms with Crippen molar-refractivity contribution in [2.45, 2.75) is 45.3 Å². The van der Waals surface area contributed by atoms with E-state index in [2.05, 4.69) is 39.1 Å². The maximum atomic E-state index is 9.79. The van der Waals surface area contributed by atoms with Gasteiger partial charge in [-0.1, -0.05) is 6.07 Å². The fourth-order valence-corrected chi connectivity index (χ4v) is 5.99. The number of nitrogens with zero attached hydrogens (tertiary/aromatic N) is 5. The Morgan fingerprint density at radius 2 is 2.00 bits per heavy atom. The smallest absolute Gasteiger partial charge is 0.185 e. The van der Waals surface area contributed by atoms with Gasteiger partial charge in [0.1, 0.15) is 11.4 Å². The first-order chi connectivity index (χ1) is 17.1. The normalized spacial score (nSPS) is 18.3. The topological polar surface area (TPSA) is 65.0 Å². The summed E-state index contributed by atoms with van der Waals surface area (Å²) in [6.45, 7) is 14.9. The maximum Gasteiger partial charge on any atom is 0.185 e. The highest BCUT2D eigenvalue weighted by Gasteiger charge is 2.24. The molecule has 35 heavy (non-hydrogen) atoms. The minimum absolute atomic E-state index is 0.160. The molecule has 2 aliphatic rings. The predicted molar refractivity (Wildman–Crippen MR) is 143 cm³/mol. The number of aliphatic hydroxyl groups is 1. The molecule has 2 fully saturated rings. The molecule has 3 aromatic rings. The molecular weight excluding hydrogens is 458 g/mol. The van der Waals surface area contributed by atoms with Crippen LogP contribution in [0.5, 0.6) is 5.75 Å². The maximum absolute atomic E-state index is 9.79. The van der Waals surface area contributed by atoms with Crippen molar-refractivity contribution in [3.8, 4) is 5.75 Å². The van der Waals surface area contributed by atoms with Gasteiger partial charge in [-0.05, 0) is 57.2 Å². The van der Waals surface area contributed by atoms with E-state index < -0.39 is 0 Å². The lowest BCUT2D eigenvalue weighted by atomic mass is 10.1. The van der Waals surface area contributed by atoms with E-state index in [1.807, 2.05) is 12.3 Å². The standard InChI is InChI=1S/C27H35N5O2S/c1-3-16-34-26-20(2)17-21-6-4-9-28-24(21)25(26)31-11-5-10-30(14-15-31)18-22-19-35-27(29-22)32-12-7-23(33)8-13-32/h1,4,6,9,17,19,23,33H,3,5,7-8,10-16,18H2,2H3. The first-order valence-electron chi connectivity index (χ1n) is 12.7. The zero-order valence-corrected chi connectivity index (χ0v) is 21.3. The Bertz CT molecular complexity index is 1130. The Balaban J connectivity index is 1.30. The van der Waals surface area contributed by atoms with E-state index in [0.29, 0.717) is 13.0 Å². The van der Waals surface area contributed by atoms with Crippen molar-refractivity contribution in [2.24, 2.45) is 0 Å². The van der Waals surface area contributed by atoms with Gasteiger partial charge < -0.3 is 19.6 Å². The largest absolute Gasteiger partial charge is 0.491 e. The van der Waals surface area contributed by atoms with E-state index in [0.717, 1.165) is 104 Å². The lowest BCUT2D eigenvalue weighted by Crippen LogP contribution is -2.35. The van der Waals surface area contributed by atoms with Crippen molar-refractivity contribution in [1.82, 2.24) is 14.9 Å². The molecular formula is C27H35N5O2S. The van der Waals surface area contributed by atoms with Crippen LogP contribution < -0.4 is 14.5 Å². The van der Waals surface area contributed by atoms with Crippen LogP contribution in [-0.2, 0) is 6.54 Å². The number of piperidine rings is 1. The Kier molecular flexibility index (Phi) is 7.70. The Morgan fingerprint density at radius 1 is 1.14 bits per heavy atom. The highest BCUT2D eigenvalue weighted by molar-refractivity contribution is 7.13. The molecule has 0 spiro atoms. The number of hydrogen-bond acceptors (Lipinski definition) is 8. The molecule has 2 aliphatic heterocycles. The molecule has 186 valence electrons. The molecule has 1 aromatic carbocycles. The van der Waals surface area contributed by atoms with Gasteiger partial charge in [0.2, 0.25) is 0 Å². The number of aryl methyl sites for hydroxylation is 1. The first kappa shape index (κ1) is 24.3. The molecule has 2 radical (unpaired) electrons. The minimum atomic E-state index is -0.160. The van der Waals surface area contributed by atoms with Gasteiger partial charge in [-0.3, -0.25) is 9.88 Å². The number of aromatic nitrogens is 2. The van der Waals surface area contributed by atoms with Gasteiger partial charge in [0, 0.05) is 62.8 Å². The summed E-state index contributed by atoms with van der Waals surface area (Å²) in [6.07, 6.45) is 4.92. The van der Waals surface area contributed by atoms with Crippen LogP contribution >= 0.6 is 11.3 Å². The summed E-state index contributed by atoms with van der Waals surface area (Å²) in [5.41, 5.74) is 4.35. The van der Waals surface area contributed by atoms with Crippen LogP contribution in [0.2, 0.25) is 0 Å². The summed E-state index contributed by atoms with van der Waals surface area (Å²) >= 11 is 1.72. The van der Waals surface area contributed by atoms with E-state index in [1.165, 1.54) is 0 Å². The van der Waals surface area contributed by atoms with Crippen LogP contribution in [-0.4, -0.2) is 72.0 Å². The number of aliphatic hydroxyl groups excluding tert-OH is 1. The minimum Gasteiger partial charge on any atom is -0.491 e. The number of ether oxygens (including phenoxy) is 1. The molecule has 0 aliphatic carbocycles. The molecule has 0 bridgehead atoms. The molecule has 2 saturated heterocycles. The molecule has 0 atom stereocenters. The molecule has 0 amide bonds. The van der Waals surface area contributed by atoms with Crippen molar-refractivity contribution >= 4 is 33.1 Å². The third kappa shape index (κ3) is 5.55. The summed E-state index contributed by atoms with van der Waals surface area (Å²) in [7, 11) is 0. The van der Waals surface area contributed by atoms with E-state index in [4.69, 9.17) is 21.6 Å². The lowest BCUT2D eigenvalue weighted by Gasteiger charge is -2.29. The second-order valence-corrected chi connectivity index (χ2v) is 10.4. The van der Waals surface area contributed by atoms with Crippen molar-refractivity contribution in [2.75, 3.05) is 55.7 Å². The van der Waals surface area contributed by atoms with Gasteiger partial charge in [0.15, 0.2) is 5.13 Å². The Morgan fingerprint density at radius 3 is 2.83 bits per heavy atom. The third-order valence-electron chi connectivity index (χ3n) is 6.94. The van der Waals surface area contributed by atoms with E-state index in [9.17, 15) is 5.11 Å². The van der Waals surface area contributed by atoms with Crippen LogP contribution in [0.1, 0.15) is 36.9 Å². The average Bonchev–Trinajstić information content (AvgIpc) is 3.21. The van der Waals surface area contributed by atoms with Crippen molar-refractivity contribution in [3.05, 3.63) is 48.0 Å². The highest BCUT2D eigenvalue weighted by Crippen LogP contribution is 2.39. The third-order valence-corrected chi connectivity index (χ3v) is 7.89. The van der Waals surface area contributed by atoms with E-state index >= 15 is 0 Å². The zero-order valence-electron chi connectivity index (χ0n) is 20.5. The predicted octanol–water partition coefficient (Wildman–Crippen LogP) is 4.15. The second kappa shape index (κ2) is 11.1. The van der Waals surface area contributed by atoms with Gasteiger partial charge in [-0.15, -0.1) is 11.3 Å². The molecule has 0 saturated carbocycles. The number of benzene rings is 1. The number of rotatable bonds is 7. The molecule has 1 N–H and O–H groups in total. The summed E-state index contributed by atoms with van der Waals surface area (Å²) in [5.74, 6) is 0.908. The Labute approximate surface area is 212 Å². The summed E-state index contributed by atoms with van der Waals surface area (Å²) in [4.78, 5) is 16.9. The fraction of sp³-hybridized carbons (Fsp3) is 0.519. The lowest BCUT2D eigenvalue weighted by molar-refractivity contribution is 0.145. The number of pyridine rings is 1. The van der Waals surface area contributed by atoms with E-state index in [1.54, 1.807) is 11.3 Å². The van der Waals surface area contributed by atoms with Crippen molar-refractivity contribution < 1.29 is 9.84 Å². The van der Waals surface area contributed by atoms with Gasteiger partial charge >= 0.3 is 0 Å². The summed E-state index contributed by atoms with van der Waals surface area (Å²) < 4.78 is 6.16. The fourth-order valence-electron chi connectivity index (χ4n) is 5.11. The SMILES string of the molecule is [CH]CCOc1c(C)cc2cccnc2c1N1CCCN(Cc2csc(N3CCC(O)CC3)n2)CC1. The monoisotopic (exact) mass is 493 g/mol. The molecule has 8 heteroatoms. The molecule has 4 heterocycles. The molecule has 0 unspecified atom stereocenters. The quantitative estimate of drug-likeness (QED) is 0.530. The number of thiazole rings is 1. The molecule has 7 nitrogen and oxygen atoms in total.